The Balaban J connectivity index is 1.71. The highest BCUT2D eigenvalue weighted by atomic mass is 32.2. The van der Waals surface area contributed by atoms with Crippen LogP contribution in [0.3, 0.4) is 0 Å². The molecule has 6 nitrogen and oxygen atoms in total. The van der Waals surface area contributed by atoms with Crippen molar-refractivity contribution in [3.8, 4) is 11.5 Å². The monoisotopic (exact) mass is 397 g/mol. The molecule has 0 unspecified atom stereocenters. The van der Waals surface area contributed by atoms with Crippen LogP contribution in [0.25, 0.3) is 0 Å². The lowest BCUT2D eigenvalue weighted by Gasteiger charge is -2.10. The number of carbonyl (C=O) groups excluding carboxylic acids is 1. The van der Waals surface area contributed by atoms with Crippen molar-refractivity contribution in [2.24, 2.45) is 0 Å². The molecule has 7 heteroatoms. The molecule has 0 fully saturated rings. The van der Waals surface area contributed by atoms with Crippen LogP contribution in [-0.4, -0.2) is 21.5 Å². The van der Waals surface area contributed by atoms with Crippen molar-refractivity contribution in [1.29, 1.82) is 0 Å². The summed E-state index contributed by atoms with van der Waals surface area (Å²) in [6, 6.07) is 22.2. The molecule has 0 heterocycles. The molecule has 0 atom stereocenters. The summed E-state index contributed by atoms with van der Waals surface area (Å²) < 4.78 is 38.0. The average molecular weight is 397 g/mol. The molecule has 0 bridgehead atoms. The lowest BCUT2D eigenvalue weighted by Crippen LogP contribution is -2.23. The molecule has 3 aromatic carbocycles. The largest absolute Gasteiger partial charge is 0.465 e. The molecule has 0 radical (unpaired) electrons. The second kappa shape index (κ2) is 8.69. The molecule has 0 aromatic heterocycles. The van der Waals surface area contributed by atoms with Gasteiger partial charge in [-0.05, 0) is 48.0 Å². The fraction of sp³-hybridized carbons (Fsp3) is 0.0952. The van der Waals surface area contributed by atoms with Crippen LogP contribution in [-0.2, 0) is 21.3 Å². The Bertz CT molecular complexity index is 1060. The third kappa shape index (κ3) is 4.97. The van der Waals surface area contributed by atoms with Gasteiger partial charge in [0, 0.05) is 6.54 Å². The lowest BCUT2D eigenvalue weighted by molar-refractivity contribution is 0.0600. The Hall–Kier alpha value is -3.16. The Labute approximate surface area is 163 Å². The third-order valence-electron chi connectivity index (χ3n) is 3.91. The van der Waals surface area contributed by atoms with Crippen molar-refractivity contribution in [3.63, 3.8) is 0 Å². The van der Waals surface area contributed by atoms with Gasteiger partial charge in [-0.2, -0.15) is 0 Å². The molecule has 0 aliphatic heterocycles. The van der Waals surface area contributed by atoms with Gasteiger partial charge in [-0.15, -0.1) is 0 Å². The summed E-state index contributed by atoms with van der Waals surface area (Å²) in [5.74, 6) is 0.707. The number of hydrogen-bond donors (Lipinski definition) is 1. The SMILES string of the molecule is COC(=O)c1cccc(S(=O)(=O)NCc2cccc(Oc3ccccc3)c2)c1. The number of ether oxygens (including phenoxy) is 2. The zero-order chi connectivity index (χ0) is 20.0. The summed E-state index contributed by atoms with van der Waals surface area (Å²) in [4.78, 5) is 11.6. The zero-order valence-electron chi connectivity index (χ0n) is 15.2. The average Bonchev–Trinajstić information content (AvgIpc) is 2.73. The summed E-state index contributed by atoms with van der Waals surface area (Å²) in [6.07, 6.45) is 0. The van der Waals surface area contributed by atoms with Gasteiger partial charge in [0.25, 0.3) is 0 Å². The quantitative estimate of drug-likeness (QED) is 0.614. The summed E-state index contributed by atoms with van der Waals surface area (Å²) in [6.45, 7) is 0.0801. The molecule has 0 aliphatic rings. The first-order chi connectivity index (χ1) is 13.5. The Morgan fingerprint density at radius 1 is 0.893 bits per heavy atom. The number of hydrogen-bond acceptors (Lipinski definition) is 5. The predicted molar refractivity (Wildman–Crippen MR) is 105 cm³/mol. The highest BCUT2D eigenvalue weighted by Crippen LogP contribution is 2.22. The standard InChI is InChI=1S/C21H19NO5S/c1-26-21(23)17-8-6-12-20(14-17)28(24,25)22-15-16-7-5-11-19(13-16)27-18-9-3-2-4-10-18/h2-14,22H,15H2,1H3. The Morgan fingerprint density at radius 2 is 1.61 bits per heavy atom. The summed E-state index contributed by atoms with van der Waals surface area (Å²) in [5.41, 5.74) is 0.907. The van der Waals surface area contributed by atoms with Gasteiger partial charge in [0.05, 0.1) is 17.6 Å². The van der Waals surface area contributed by atoms with Gasteiger partial charge in [-0.3, -0.25) is 0 Å². The summed E-state index contributed by atoms with van der Waals surface area (Å²) >= 11 is 0. The molecule has 3 rings (SSSR count). The molecule has 0 aliphatic carbocycles. The molecule has 0 spiro atoms. The van der Waals surface area contributed by atoms with E-state index in [1.54, 1.807) is 24.3 Å². The third-order valence-corrected chi connectivity index (χ3v) is 5.31. The minimum atomic E-state index is -3.79. The fourth-order valence-electron chi connectivity index (χ4n) is 2.51. The predicted octanol–water partition coefficient (Wildman–Crippen LogP) is 3.74. The molecule has 0 saturated carbocycles. The topological polar surface area (TPSA) is 81.7 Å². The minimum absolute atomic E-state index is 0.00732. The molecular formula is C21H19NO5S. The number of methoxy groups -OCH3 is 1. The lowest BCUT2D eigenvalue weighted by atomic mass is 10.2. The number of carbonyl (C=O) groups is 1. The Kier molecular flexibility index (Phi) is 6.08. The van der Waals surface area contributed by atoms with Crippen molar-refractivity contribution in [2.75, 3.05) is 7.11 Å². The second-order valence-electron chi connectivity index (χ2n) is 5.91. The van der Waals surface area contributed by atoms with Crippen LogP contribution in [0.5, 0.6) is 11.5 Å². The van der Waals surface area contributed by atoms with Crippen LogP contribution in [0.1, 0.15) is 15.9 Å². The van der Waals surface area contributed by atoms with E-state index in [2.05, 4.69) is 9.46 Å². The van der Waals surface area contributed by atoms with Crippen LogP contribution >= 0.6 is 0 Å². The van der Waals surface area contributed by atoms with Crippen LogP contribution in [0.15, 0.2) is 83.8 Å². The highest BCUT2D eigenvalue weighted by molar-refractivity contribution is 7.89. The maximum atomic E-state index is 12.6. The van der Waals surface area contributed by atoms with E-state index >= 15 is 0 Å². The molecule has 144 valence electrons. The smallest absolute Gasteiger partial charge is 0.337 e. The van der Waals surface area contributed by atoms with E-state index in [-0.39, 0.29) is 17.0 Å². The zero-order valence-corrected chi connectivity index (χ0v) is 16.0. The van der Waals surface area contributed by atoms with Crippen molar-refractivity contribution in [1.82, 2.24) is 4.72 Å². The van der Waals surface area contributed by atoms with E-state index in [0.717, 1.165) is 5.56 Å². The van der Waals surface area contributed by atoms with E-state index < -0.39 is 16.0 Å². The molecule has 0 amide bonds. The van der Waals surface area contributed by atoms with Crippen LogP contribution in [0, 0.1) is 0 Å². The van der Waals surface area contributed by atoms with Crippen LogP contribution < -0.4 is 9.46 Å². The number of para-hydroxylation sites is 1. The van der Waals surface area contributed by atoms with E-state index in [9.17, 15) is 13.2 Å². The van der Waals surface area contributed by atoms with Crippen molar-refractivity contribution >= 4 is 16.0 Å². The normalized spacial score (nSPS) is 11.0. The van der Waals surface area contributed by atoms with E-state index in [1.807, 2.05) is 30.3 Å². The first kappa shape index (κ1) is 19.6. The van der Waals surface area contributed by atoms with Gasteiger partial charge in [0.15, 0.2) is 0 Å². The number of nitrogens with one attached hydrogen (secondary N) is 1. The Morgan fingerprint density at radius 3 is 2.36 bits per heavy atom. The summed E-state index contributed by atoms with van der Waals surface area (Å²) in [7, 11) is -2.55. The first-order valence-electron chi connectivity index (χ1n) is 8.48. The summed E-state index contributed by atoms with van der Waals surface area (Å²) in [5, 5.41) is 0. The van der Waals surface area contributed by atoms with Crippen molar-refractivity contribution in [3.05, 3.63) is 90.0 Å². The molecule has 28 heavy (non-hydrogen) atoms. The molecule has 3 aromatic rings. The van der Waals surface area contributed by atoms with Crippen molar-refractivity contribution < 1.29 is 22.7 Å². The van der Waals surface area contributed by atoms with Gasteiger partial charge < -0.3 is 9.47 Å². The van der Waals surface area contributed by atoms with Gasteiger partial charge in [0.2, 0.25) is 10.0 Å². The number of esters is 1. The van der Waals surface area contributed by atoms with E-state index in [0.29, 0.717) is 11.5 Å². The molecule has 1 N–H and O–H groups in total. The maximum absolute atomic E-state index is 12.6. The maximum Gasteiger partial charge on any atom is 0.337 e. The molecular weight excluding hydrogens is 378 g/mol. The highest BCUT2D eigenvalue weighted by Gasteiger charge is 2.16. The first-order valence-corrected chi connectivity index (χ1v) is 9.96. The van der Waals surface area contributed by atoms with Crippen molar-refractivity contribution in [2.45, 2.75) is 11.4 Å². The minimum Gasteiger partial charge on any atom is -0.465 e. The number of benzene rings is 3. The van der Waals surface area contributed by atoms with Gasteiger partial charge in [-0.1, -0.05) is 36.4 Å². The molecule has 0 saturated heterocycles. The second-order valence-corrected chi connectivity index (χ2v) is 7.67. The number of sulfonamides is 1. The van der Waals surface area contributed by atoms with Gasteiger partial charge in [-0.25, -0.2) is 17.9 Å². The van der Waals surface area contributed by atoms with E-state index in [4.69, 9.17) is 4.74 Å². The van der Waals surface area contributed by atoms with Crippen LogP contribution in [0.2, 0.25) is 0 Å². The van der Waals surface area contributed by atoms with Gasteiger partial charge >= 0.3 is 5.97 Å². The van der Waals surface area contributed by atoms with Gasteiger partial charge in [0.1, 0.15) is 11.5 Å². The van der Waals surface area contributed by atoms with E-state index in [1.165, 1.54) is 31.4 Å². The fourth-order valence-corrected chi connectivity index (χ4v) is 3.58. The number of rotatable bonds is 7. The van der Waals surface area contributed by atoms with Crippen LogP contribution in [0.4, 0.5) is 0 Å².